The van der Waals surface area contributed by atoms with Gasteiger partial charge in [0.05, 0.1) is 11.8 Å². The maximum Gasteiger partial charge on any atom is 0.146 e. The number of nitrogens with zero attached hydrogens (tertiary/aromatic N) is 2. The topological polar surface area (TPSA) is 36.4 Å². The fourth-order valence-electron chi connectivity index (χ4n) is 1.94. The molecule has 0 spiro atoms. The standard InChI is InChI=1S/C15H17FN2O/c1-11(19)13-5-6-15(14(16)8-13)18(2)10-12-4-3-7-17-9-12/h3-9,11,19H,10H2,1-2H3/t11-/m0/s1. The van der Waals surface area contributed by atoms with E-state index in [1.807, 2.05) is 24.1 Å². The molecule has 0 saturated carbocycles. The Morgan fingerprint density at radius 2 is 2.16 bits per heavy atom. The average molecular weight is 260 g/mol. The molecule has 1 heterocycles. The van der Waals surface area contributed by atoms with Crippen LogP contribution in [0.15, 0.2) is 42.7 Å². The molecule has 0 amide bonds. The van der Waals surface area contributed by atoms with Gasteiger partial charge in [-0.3, -0.25) is 4.98 Å². The Hall–Kier alpha value is -1.94. The molecule has 3 nitrogen and oxygen atoms in total. The minimum absolute atomic E-state index is 0.329. The monoisotopic (exact) mass is 260 g/mol. The molecule has 0 unspecified atom stereocenters. The Labute approximate surface area is 112 Å². The fourth-order valence-corrected chi connectivity index (χ4v) is 1.94. The van der Waals surface area contributed by atoms with E-state index in [2.05, 4.69) is 4.98 Å². The second-order valence-electron chi connectivity index (χ2n) is 4.60. The first-order valence-electron chi connectivity index (χ1n) is 6.15. The van der Waals surface area contributed by atoms with Crippen LogP contribution in [0.2, 0.25) is 0 Å². The largest absolute Gasteiger partial charge is 0.389 e. The highest BCUT2D eigenvalue weighted by Crippen LogP contribution is 2.23. The van der Waals surface area contributed by atoms with Crippen LogP contribution in [0.5, 0.6) is 0 Å². The van der Waals surface area contributed by atoms with Crippen molar-refractivity contribution in [3.8, 4) is 0 Å². The zero-order valence-corrected chi connectivity index (χ0v) is 11.0. The summed E-state index contributed by atoms with van der Waals surface area (Å²) >= 11 is 0. The highest BCUT2D eigenvalue weighted by Gasteiger charge is 2.10. The van der Waals surface area contributed by atoms with E-state index in [1.165, 1.54) is 6.07 Å². The molecular formula is C15H17FN2O. The summed E-state index contributed by atoms with van der Waals surface area (Å²) in [6.45, 7) is 2.20. The van der Waals surface area contributed by atoms with Crippen LogP contribution in [0.4, 0.5) is 10.1 Å². The molecule has 2 aromatic rings. The van der Waals surface area contributed by atoms with E-state index in [1.54, 1.807) is 31.5 Å². The van der Waals surface area contributed by atoms with E-state index in [9.17, 15) is 9.50 Å². The summed E-state index contributed by atoms with van der Waals surface area (Å²) < 4.78 is 14.0. The molecule has 100 valence electrons. The molecule has 0 aliphatic carbocycles. The van der Waals surface area contributed by atoms with Gasteiger partial charge in [-0.05, 0) is 36.2 Å². The molecule has 1 aromatic carbocycles. The number of pyridine rings is 1. The fraction of sp³-hybridized carbons (Fsp3) is 0.267. The number of aliphatic hydroxyl groups is 1. The van der Waals surface area contributed by atoms with E-state index in [0.717, 1.165) is 5.56 Å². The highest BCUT2D eigenvalue weighted by atomic mass is 19.1. The van der Waals surface area contributed by atoms with Crippen molar-refractivity contribution in [3.05, 3.63) is 59.7 Å². The SMILES string of the molecule is C[C@H](O)c1ccc(N(C)Cc2cccnc2)c(F)c1. The lowest BCUT2D eigenvalue weighted by molar-refractivity contribution is 0.199. The third-order valence-corrected chi connectivity index (χ3v) is 3.01. The van der Waals surface area contributed by atoms with Gasteiger partial charge in [-0.2, -0.15) is 0 Å². The van der Waals surface area contributed by atoms with E-state index < -0.39 is 6.10 Å². The minimum atomic E-state index is -0.660. The van der Waals surface area contributed by atoms with Crippen molar-refractivity contribution in [3.63, 3.8) is 0 Å². The zero-order valence-electron chi connectivity index (χ0n) is 11.0. The van der Waals surface area contributed by atoms with E-state index >= 15 is 0 Å². The van der Waals surface area contributed by atoms with Crippen LogP contribution < -0.4 is 4.90 Å². The van der Waals surface area contributed by atoms with Crippen LogP contribution in [0.3, 0.4) is 0 Å². The van der Waals surface area contributed by atoms with Crippen molar-refractivity contribution in [2.75, 3.05) is 11.9 Å². The maximum absolute atomic E-state index is 14.0. The van der Waals surface area contributed by atoms with Crippen LogP contribution in [-0.4, -0.2) is 17.1 Å². The van der Waals surface area contributed by atoms with Crippen LogP contribution in [0.25, 0.3) is 0 Å². The normalized spacial score (nSPS) is 12.2. The molecule has 0 aliphatic rings. The smallest absolute Gasteiger partial charge is 0.146 e. The number of hydrogen-bond donors (Lipinski definition) is 1. The molecule has 0 radical (unpaired) electrons. The highest BCUT2D eigenvalue weighted by molar-refractivity contribution is 5.49. The maximum atomic E-state index is 14.0. The number of benzene rings is 1. The number of halogens is 1. The van der Waals surface area contributed by atoms with Gasteiger partial charge in [0.25, 0.3) is 0 Å². The third-order valence-electron chi connectivity index (χ3n) is 3.01. The molecule has 1 aromatic heterocycles. The van der Waals surface area contributed by atoms with Crippen LogP contribution >= 0.6 is 0 Å². The van der Waals surface area contributed by atoms with Gasteiger partial charge in [0.2, 0.25) is 0 Å². The molecule has 19 heavy (non-hydrogen) atoms. The molecular weight excluding hydrogens is 243 g/mol. The quantitative estimate of drug-likeness (QED) is 0.918. The van der Waals surface area contributed by atoms with Crippen LogP contribution in [0, 0.1) is 5.82 Å². The Bertz CT molecular complexity index is 543. The first-order chi connectivity index (χ1) is 9.08. The van der Waals surface area contributed by atoms with Crippen molar-refractivity contribution < 1.29 is 9.50 Å². The number of rotatable bonds is 4. The number of aromatic nitrogens is 1. The van der Waals surface area contributed by atoms with Gasteiger partial charge in [0.1, 0.15) is 5.82 Å². The summed E-state index contributed by atoms with van der Waals surface area (Å²) in [7, 11) is 1.83. The lowest BCUT2D eigenvalue weighted by Gasteiger charge is -2.20. The summed E-state index contributed by atoms with van der Waals surface area (Å²) in [4.78, 5) is 5.86. The molecule has 0 aliphatic heterocycles. The second kappa shape index (κ2) is 5.80. The summed E-state index contributed by atoms with van der Waals surface area (Å²) in [6, 6.07) is 8.61. The molecule has 4 heteroatoms. The lowest BCUT2D eigenvalue weighted by Crippen LogP contribution is -2.18. The summed E-state index contributed by atoms with van der Waals surface area (Å²) in [6.07, 6.45) is 2.81. The molecule has 0 saturated heterocycles. The van der Waals surface area contributed by atoms with Crippen molar-refractivity contribution >= 4 is 5.69 Å². The second-order valence-corrected chi connectivity index (χ2v) is 4.60. The molecule has 2 rings (SSSR count). The van der Waals surface area contributed by atoms with Crippen molar-refractivity contribution in [1.29, 1.82) is 0 Å². The summed E-state index contributed by atoms with van der Waals surface area (Å²) in [5.41, 5.74) is 2.10. The number of aliphatic hydroxyl groups excluding tert-OH is 1. The van der Waals surface area contributed by atoms with Gasteiger partial charge in [-0.25, -0.2) is 4.39 Å². The predicted molar refractivity (Wildman–Crippen MR) is 73.4 cm³/mol. The van der Waals surface area contributed by atoms with Gasteiger partial charge in [0.15, 0.2) is 0 Å². The Balaban J connectivity index is 2.17. The van der Waals surface area contributed by atoms with Crippen molar-refractivity contribution in [2.24, 2.45) is 0 Å². The van der Waals surface area contributed by atoms with E-state index in [4.69, 9.17) is 0 Å². The molecule has 1 atom stereocenters. The zero-order chi connectivity index (χ0) is 13.8. The third kappa shape index (κ3) is 3.29. The Morgan fingerprint density at radius 1 is 1.37 bits per heavy atom. The van der Waals surface area contributed by atoms with Gasteiger partial charge in [-0.15, -0.1) is 0 Å². The predicted octanol–water partition coefficient (Wildman–Crippen LogP) is 2.91. The summed E-state index contributed by atoms with van der Waals surface area (Å²) in [5, 5.41) is 9.42. The minimum Gasteiger partial charge on any atom is -0.389 e. The number of hydrogen-bond acceptors (Lipinski definition) is 3. The van der Waals surface area contributed by atoms with Gasteiger partial charge < -0.3 is 10.0 Å². The van der Waals surface area contributed by atoms with Gasteiger partial charge >= 0.3 is 0 Å². The van der Waals surface area contributed by atoms with Crippen molar-refractivity contribution in [1.82, 2.24) is 4.98 Å². The average Bonchev–Trinajstić information content (AvgIpc) is 2.39. The van der Waals surface area contributed by atoms with Gasteiger partial charge in [0, 0.05) is 26.0 Å². The van der Waals surface area contributed by atoms with Crippen LogP contribution in [-0.2, 0) is 6.54 Å². The Morgan fingerprint density at radius 3 is 2.74 bits per heavy atom. The molecule has 0 bridgehead atoms. The molecule has 1 N–H and O–H groups in total. The number of anilines is 1. The van der Waals surface area contributed by atoms with Crippen LogP contribution in [0.1, 0.15) is 24.2 Å². The molecule has 0 fully saturated rings. The van der Waals surface area contributed by atoms with Gasteiger partial charge in [-0.1, -0.05) is 12.1 Å². The van der Waals surface area contributed by atoms with E-state index in [-0.39, 0.29) is 5.82 Å². The first kappa shape index (κ1) is 13.5. The van der Waals surface area contributed by atoms with E-state index in [0.29, 0.717) is 17.8 Å². The lowest BCUT2D eigenvalue weighted by atomic mass is 10.1. The summed E-state index contributed by atoms with van der Waals surface area (Å²) in [5.74, 6) is -0.329. The Kier molecular flexibility index (Phi) is 4.12. The van der Waals surface area contributed by atoms with Crippen molar-refractivity contribution in [2.45, 2.75) is 19.6 Å². The first-order valence-corrected chi connectivity index (χ1v) is 6.15.